The van der Waals surface area contributed by atoms with Gasteiger partial charge in [0.25, 0.3) is 5.91 Å². The number of imide groups is 1. The van der Waals surface area contributed by atoms with Crippen LogP contribution in [0, 0.1) is 0 Å². The highest BCUT2D eigenvalue weighted by molar-refractivity contribution is 6.29. The highest BCUT2D eigenvalue weighted by atomic mass is 16.5. The van der Waals surface area contributed by atoms with Crippen LogP contribution in [0.1, 0.15) is 42.1 Å². The second-order valence-corrected chi connectivity index (χ2v) is 6.64. The minimum absolute atomic E-state index is 0.104. The van der Waals surface area contributed by atoms with Crippen LogP contribution in [0.15, 0.2) is 47.5 Å². The fourth-order valence-corrected chi connectivity index (χ4v) is 3.15. The predicted molar refractivity (Wildman–Crippen MR) is 109 cm³/mol. The zero-order valence-electron chi connectivity index (χ0n) is 16.5. The van der Waals surface area contributed by atoms with Gasteiger partial charge in [0.15, 0.2) is 11.5 Å². The first-order chi connectivity index (χ1) is 13.5. The van der Waals surface area contributed by atoms with Gasteiger partial charge in [0.2, 0.25) is 5.91 Å². The van der Waals surface area contributed by atoms with Gasteiger partial charge in [-0.2, -0.15) is 0 Å². The molecule has 1 aliphatic rings. The highest BCUT2D eigenvalue weighted by Gasteiger charge is 2.39. The summed E-state index contributed by atoms with van der Waals surface area (Å²) in [6.07, 6.45) is 2.53. The Balaban J connectivity index is 2.09. The second-order valence-electron chi connectivity index (χ2n) is 6.64. The summed E-state index contributed by atoms with van der Waals surface area (Å²) >= 11 is 0. The Bertz CT molecular complexity index is 923. The molecule has 0 radical (unpaired) electrons. The van der Waals surface area contributed by atoms with Gasteiger partial charge in [-0.3, -0.25) is 14.6 Å². The number of nitrogens with zero attached hydrogens (tertiary/aromatic N) is 2. The molecule has 2 amide bonds. The van der Waals surface area contributed by atoms with Crippen molar-refractivity contribution < 1.29 is 19.1 Å². The van der Waals surface area contributed by atoms with Gasteiger partial charge in [-0.05, 0) is 37.1 Å². The van der Waals surface area contributed by atoms with Crippen molar-refractivity contribution in [2.75, 3.05) is 19.1 Å². The average Bonchev–Trinajstić information content (AvgIpc) is 2.73. The van der Waals surface area contributed by atoms with Gasteiger partial charge >= 0.3 is 0 Å². The maximum absolute atomic E-state index is 13.3. The van der Waals surface area contributed by atoms with Crippen LogP contribution in [0.5, 0.6) is 11.5 Å². The third-order valence-corrected chi connectivity index (χ3v) is 4.92. The molecule has 6 nitrogen and oxygen atoms in total. The molecule has 2 aromatic rings. The lowest BCUT2D eigenvalue weighted by atomic mass is 9.88. The molecule has 3 rings (SSSR count). The molecule has 0 saturated carbocycles. The Morgan fingerprint density at radius 3 is 2.50 bits per heavy atom. The molecule has 0 N–H and O–H groups in total. The van der Waals surface area contributed by atoms with Gasteiger partial charge in [0.1, 0.15) is 0 Å². The quantitative estimate of drug-likeness (QED) is 0.564. The first-order valence-electron chi connectivity index (χ1n) is 9.24. The number of anilines is 1. The fraction of sp³-hybridized carbons (Fsp3) is 0.318. The van der Waals surface area contributed by atoms with E-state index in [0.29, 0.717) is 28.3 Å². The number of aliphatic imine (C=N–C) groups is 1. The second kappa shape index (κ2) is 8.25. The number of carbonyl (C=O) groups excluding carboxylic acids is 2. The molecule has 0 saturated heterocycles. The average molecular weight is 380 g/mol. The van der Waals surface area contributed by atoms with Crippen LogP contribution in [0.4, 0.5) is 5.69 Å². The maximum atomic E-state index is 13.3. The van der Waals surface area contributed by atoms with Crippen LogP contribution < -0.4 is 14.4 Å². The number of methoxy groups -OCH3 is 2. The smallest absolute Gasteiger partial charge is 0.265 e. The molecule has 2 aromatic carbocycles. The molecular formula is C22H24N2O4. The molecule has 146 valence electrons. The topological polar surface area (TPSA) is 68.2 Å². The van der Waals surface area contributed by atoms with E-state index in [1.165, 1.54) is 19.1 Å². The van der Waals surface area contributed by atoms with Crippen LogP contribution in [0.3, 0.4) is 0 Å². The molecule has 1 aliphatic heterocycles. The first-order valence-corrected chi connectivity index (χ1v) is 9.24. The lowest BCUT2D eigenvalue weighted by Gasteiger charge is -2.31. The van der Waals surface area contributed by atoms with E-state index in [2.05, 4.69) is 4.99 Å². The van der Waals surface area contributed by atoms with Gasteiger partial charge < -0.3 is 9.47 Å². The summed E-state index contributed by atoms with van der Waals surface area (Å²) in [5.74, 6) is -0.331. The number of hydrogen-bond donors (Lipinski definition) is 0. The molecule has 28 heavy (non-hydrogen) atoms. The predicted octanol–water partition coefficient (Wildman–Crippen LogP) is 3.84. The Kier molecular flexibility index (Phi) is 5.78. The minimum Gasteiger partial charge on any atom is -0.493 e. The third-order valence-electron chi connectivity index (χ3n) is 4.92. The normalized spacial score (nSPS) is 17.6. The van der Waals surface area contributed by atoms with E-state index in [1.807, 2.05) is 26.0 Å². The van der Waals surface area contributed by atoms with E-state index in [1.54, 1.807) is 36.5 Å². The molecule has 0 aliphatic carbocycles. The summed E-state index contributed by atoms with van der Waals surface area (Å²) < 4.78 is 10.6. The van der Waals surface area contributed by atoms with Crippen molar-refractivity contribution in [1.82, 2.24) is 0 Å². The third kappa shape index (κ3) is 3.50. The van der Waals surface area contributed by atoms with E-state index in [-0.39, 0.29) is 17.9 Å². The van der Waals surface area contributed by atoms with E-state index in [0.717, 1.165) is 6.42 Å². The van der Waals surface area contributed by atoms with Crippen molar-refractivity contribution in [1.29, 1.82) is 0 Å². The maximum Gasteiger partial charge on any atom is 0.265 e. The molecule has 1 unspecified atom stereocenters. The summed E-state index contributed by atoms with van der Waals surface area (Å²) in [5, 5.41) is 0. The van der Waals surface area contributed by atoms with Crippen LogP contribution in [-0.2, 0) is 4.79 Å². The number of rotatable bonds is 6. The SMILES string of the molecule is CC[C@H](C)N=CC1C(=O)N(c2ccc(OC)c(OC)c2)C(=O)c2ccccc21. The van der Waals surface area contributed by atoms with E-state index in [9.17, 15) is 9.59 Å². The molecule has 0 fully saturated rings. The molecule has 0 bridgehead atoms. The molecule has 0 aromatic heterocycles. The minimum atomic E-state index is -0.615. The standard InChI is InChI=1S/C22H24N2O4/c1-5-14(2)23-13-18-16-8-6-7-9-17(16)21(25)24(22(18)26)15-10-11-19(27-3)20(12-15)28-4/h6-14,18H,5H2,1-4H3/t14-,18?/m0/s1. The van der Waals surface area contributed by atoms with Gasteiger partial charge in [0.05, 0.1) is 25.8 Å². The van der Waals surface area contributed by atoms with Crippen molar-refractivity contribution in [2.24, 2.45) is 4.99 Å². The van der Waals surface area contributed by atoms with Crippen LogP contribution in [0.25, 0.3) is 0 Å². The van der Waals surface area contributed by atoms with Crippen molar-refractivity contribution in [3.05, 3.63) is 53.6 Å². The lowest BCUT2D eigenvalue weighted by molar-refractivity contribution is -0.118. The van der Waals surface area contributed by atoms with Gasteiger partial charge in [-0.25, -0.2) is 4.90 Å². The van der Waals surface area contributed by atoms with Crippen molar-refractivity contribution >= 4 is 23.7 Å². The summed E-state index contributed by atoms with van der Waals surface area (Å²) in [4.78, 5) is 32.1. The number of hydrogen-bond acceptors (Lipinski definition) is 5. The summed E-state index contributed by atoms with van der Waals surface area (Å²) in [7, 11) is 3.05. The summed E-state index contributed by atoms with van der Waals surface area (Å²) in [6.45, 7) is 4.03. The van der Waals surface area contributed by atoms with Crippen molar-refractivity contribution in [2.45, 2.75) is 32.2 Å². The number of ether oxygens (including phenoxy) is 2. The molecule has 0 spiro atoms. The first kappa shape index (κ1) is 19.6. The van der Waals surface area contributed by atoms with Gasteiger partial charge in [0, 0.05) is 23.9 Å². The summed E-state index contributed by atoms with van der Waals surface area (Å²) in [6, 6.07) is 12.3. The van der Waals surface area contributed by atoms with Crippen molar-refractivity contribution in [3.63, 3.8) is 0 Å². The van der Waals surface area contributed by atoms with E-state index >= 15 is 0 Å². The summed E-state index contributed by atoms with van der Waals surface area (Å²) in [5.41, 5.74) is 1.61. The fourth-order valence-electron chi connectivity index (χ4n) is 3.15. The zero-order valence-corrected chi connectivity index (χ0v) is 16.5. The zero-order chi connectivity index (χ0) is 20.3. The Morgan fingerprint density at radius 1 is 1.11 bits per heavy atom. The Morgan fingerprint density at radius 2 is 1.82 bits per heavy atom. The van der Waals surface area contributed by atoms with Crippen LogP contribution >= 0.6 is 0 Å². The number of fused-ring (bicyclic) bond motifs is 1. The van der Waals surface area contributed by atoms with Crippen molar-refractivity contribution in [3.8, 4) is 11.5 Å². The Hall–Kier alpha value is -3.15. The van der Waals surface area contributed by atoms with Crippen LogP contribution in [0.2, 0.25) is 0 Å². The van der Waals surface area contributed by atoms with Gasteiger partial charge in [-0.15, -0.1) is 0 Å². The van der Waals surface area contributed by atoms with E-state index in [4.69, 9.17) is 9.47 Å². The van der Waals surface area contributed by atoms with Crippen LogP contribution in [-0.4, -0.2) is 38.3 Å². The number of amides is 2. The Labute approximate surface area is 164 Å². The number of benzene rings is 2. The lowest BCUT2D eigenvalue weighted by Crippen LogP contribution is -2.45. The van der Waals surface area contributed by atoms with Gasteiger partial charge in [-0.1, -0.05) is 25.1 Å². The molecule has 6 heteroatoms. The number of carbonyl (C=O) groups is 2. The molecular weight excluding hydrogens is 356 g/mol. The molecule has 2 atom stereocenters. The highest BCUT2D eigenvalue weighted by Crippen LogP contribution is 2.36. The monoisotopic (exact) mass is 380 g/mol. The molecule has 1 heterocycles. The largest absolute Gasteiger partial charge is 0.493 e. The van der Waals surface area contributed by atoms with E-state index < -0.39 is 5.92 Å².